The Morgan fingerprint density at radius 2 is 2.18 bits per heavy atom. The number of benzene rings is 1. The van der Waals surface area contributed by atoms with Crippen LogP contribution < -0.4 is 5.32 Å². The maximum Gasteiger partial charge on any atom is 0.228 e. The first-order valence-electron chi connectivity index (χ1n) is 7.10. The van der Waals surface area contributed by atoms with Crippen molar-refractivity contribution in [3.05, 3.63) is 51.4 Å². The molecule has 0 aliphatic heterocycles. The molecule has 6 heteroatoms. The van der Waals surface area contributed by atoms with Crippen molar-refractivity contribution < 1.29 is 4.79 Å². The summed E-state index contributed by atoms with van der Waals surface area (Å²) in [6.45, 7) is 2.45. The summed E-state index contributed by atoms with van der Waals surface area (Å²) >= 11 is 7.35. The van der Waals surface area contributed by atoms with Crippen LogP contribution in [0.25, 0.3) is 11.0 Å². The molecule has 0 saturated carbocycles. The van der Waals surface area contributed by atoms with Gasteiger partial charge in [0.15, 0.2) is 0 Å². The minimum absolute atomic E-state index is 0.00891. The Hall–Kier alpha value is -1.85. The number of para-hydroxylation sites is 2. The Morgan fingerprint density at radius 3 is 2.91 bits per heavy atom. The van der Waals surface area contributed by atoms with Gasteiger partial charge in [-0.25, -0.2) is 4.98 Å². The molecule has 3 aromatic rings. The molecule has 114 valence electrons. The van der Waals surface area contributed by atoms with Gasteiger partial charge in [-0.1, -0.05) is 23.7 Å². The third-order valence-corrected chi connectivity index (χ3v) is 4.93. The topological polar surface area (TPSA) is 57.8 Å². The molecule has 3 rings (SSSR count). The van der Waals surface area contributed by atoms with Gasteiger partial charge < -0.3 is 10.3 Å². The van der Waals surface area contributed by atoms with Crippen molar-refractivity contribution >= 4 is 39.9 Å². The first-order valence-corrected chi connectivity index (χ1v) is 8.29. The molecule has 1 amide bonds. The molecule has 0 aliphatic carbocycles. The molecule has 0 saturated heterocycles. The molecule has 2 N–H and O–H groups in total. The number of H-pyrrole nitrogens is 1. The second kappa shape index (κ2) is 6.50. The Labute approximate surface area is 137 Å². The molecular weight excluding hydrogens is 318 g/mol. The Kier molecular flexibility index (Phi) is 4.45. The maximum absolute atomic E-state index is 12.1. The van der Waals surface area contributed by atoms with Crippen molar-refractivity contribution in [1.82, 2.24) is 15.3 Å². The van der Waals surface area contributed by atoms with Crippen molar-refractivity contribution in [3.8, 4) is 0 Å². The van der Waals surface area contributed by atoms with Crippen molar-refractivity contribution in [2.45, 2.75) is 19.3 Å². The molecule has 0 aliphatic rings. The lowest BCUT2D eigenvalue weighted by molar-refractivity contribution is -0.122. The number of imidazole rings is 1. The fourth-order valence-electron chi connectivity index (χ4n) is 2.27. The SMILES string of the molecule is C[C@H](C(=O)NCCc1nc2ccccc2[nH]1)c1ccc(Cl)s1. The highest BCUT2D eigenvalue weighted by Crippen LogP contribution is 2.28. The predicted molar refractivity (Wildman–Crippen MR) is 90.6 cm³/mol. The van der Waals surface area contributed by atoms with Gasteiger partial charge in [0.25, 0.3) is 0 Å². The van der Waals surface area contributed by atoms with Crippen molar-refractivity contribution in [2.24, 2.45) is 0 Å². The fourth-order valence-corrected chi connectivity index (χ4v) is 3.38. The zero-order valence-corrected chi connectivity index (χ0v) is 13.7. The van der Waals surface area contributed by atoms with E-state index in [2.05, 4.69) is 15.3 Å². The average molecular weight is 334 g/mol. The predicted octanol–water partition coefficient (Wildman–Crippen LogP) is 3.74. The summed E-state index contributed by atoms with van der Waals surface area (Å²) in [7, 11) is 0. The summed E-state index contributed by atoms with van der Waals surface area (Å²) in [5, 5.41) is 2.95. The quantitative estimate of drug-likeness (QED) is 0.747. The van der Waals surface area contributed by atoms with Crippen LogP contribution in [0.5, 0.6) is 0 Å². The van der Waals surface area contributed by atoms with E-state index in [1.165, 1.54) is 11.3 Å². The second-order valence-electron chi connectivity index (χ2n) is 5.11. The summed E-state index contributed by atoms with van der Waals surface area (Å²) < 4.78 is 0.705. The smallest absolute Gasteiger partial charge is 0.228 e. The van der Waals surface area contributed by atoms with E-state index in [-0.39, 0.29) is 11.8 Å². The number of halogens is 1. The lowest BCUT2D eigenvalue weighted by Crippen LogP contribution is -2.29. The van der Waals surface area contributed by atoms with Gasteiger partial charge in [-0.2, -0.15) is 0 Å². The summed E-state index contributed by atoms with van der Waals surface area (Å²) in [6.07, 6.45) is 0.679. The van der Waals surface area contributed by atoms with E-state index in [1.54, 1.807) is 0 Å². The third-order valence-electron chi connectivity index (χ3n) is 3.51. The molecular formula is C16H16ClN3OS. The Morgan fingerprint density at radius 1 is 1.36 bits per heavy atom. The first kappa shape index (κ1) is 15.1. The summed E-state index contributed by atoms with van der Waals surface area (Å²) in [4.78, 5) is 20.9. The lowest BCUT2D eigenvalue weighted by atomic mass is 10.1. The molecule has 0 fully saturated rings. The van der Waals surface area contributed by atoms with E-state index in [0.717, 1.165) is 21.7 Å². The van der Waals surface area contributed by atoms with E-state index in [0.29, 0.717) is 17.3 Å². The third kappa shape index (κ3) is 3.31. The molecule has 0 bridgehead atoms. The number of amides is 1. The minimum Gasteiger partial charge on any atom is -0.355 e. The number of aromatic amines is 1. The zero-order chi connectivity index (χ0) is 15.5. The van der Waals surface area contributed by atoms with Gasteiger partial charge in [0.05, 0.1) is 21.3 Å². The number of hydrogen-bond acceptors (Lipinski definition) is 3. The van der Waals surface area contributed by atoms with E-state index >= 15 is 0 Å². The molecule has 2 aromatic heterocycles. The molecule has 0 radical (unpaired) electrons. The minimum atomic E-state index is -0.187. The second-order valence-corrected chi connectivity index (χ2v) is 6.85. The Balaban J connectivity index is 1.55. The number of hydrogen-bond donors (Lipinski definition) is 2. The van der Waals surface area contributed by atoms with Crippen LogP contribution in [0, 0.1) is 0 Å². The first-order chi connectivity index (χ1) is 10.6. The molecule has 2 heterocycles. The fraction of sp³-hybridized carbons (Fsp3) is 0.250. The largest absolute Gasteiger partial charge is 0.355 e. The van der Waals surface area contributed by atoms with E-state index < -0.39 is 0 Å². The van der Waals surface area contributed by atoms with E-state index in [9.17, 15) is 4.79 Å². The highest BCUT2D eigenvalue weighted by Gasteiger charge is 2.16. The molecule has 1 atom stereocenters. The van der Waals surface area contributed by atoms with Gasteiger partial charge in [-0.05, 0) is 31.2 Å². The number of thiophene rings is 1. The number of carbonyl (C=O) groups excluding carboxylic acids is 1. The van der Waals surface area contributed by atoms with E-state index in [1.807, 2.05) is 43.3 Å². The number of rotatable bonds is 5. The standard InChI is InChI=1S/C16H16ClN3OS/c1-10(13-6-7-14(17)22-13)16(21)18-9-8-15-19-11-4-2-3-5-12(11)20-15/h2-7,10H,8-9H2,1H3,(H,18,21)(H,19,20)/t10-/m0/s1. The number of aromatic nitrogens is 2. The van der Waals surface area contributed by atoms with Gasteiger partial charge in [-0.3, -0.25) is 4.79 Å². The highest BCUT2D eigenvalue weighted by atomic mass is 35.5. The van der Waals surface area contributed by atoms with Crippen molar-refractivity contribution in [2.75, 3.05) is 6.54 Å². The molecule has 1 aromatic carbocycles. The molecule has 4 nitrogen and oxygen atoms in total. The molecule has 0 unspecified atom stereocenters. The number of fused-ring (bicyclic) bond motifs is 1. The number of nitrogens with zero attached hydrogens (tertiary/aromatic N) is 1. The summed E-state index contributed by atoms with van der Waals surface area (Å²) in [5.74, 6) is 0.705. The van der Waals surface area contributed by atoms with Crippen LogP contribution in [-0.4, -0.2) is 22.4 Å². The number of nitrogens with one attached hydrogen (secondary N) is 2. The van der Waals surface area contributed by atoms with Crippen LogP contribution in [-0.2, 0) is 11.2 Å². The van der Waals surface area contributed by atoms with Crippen LogP contribution in [0.15, 0.2) is 36.4 Å². The normalized spacial score (nSPS) is 12.5. The monoisotopic (exact) mass is 333 g/mol. The van der Waals surface area contributed by atoms with Gasteiger partial charge >= 0.3 is 0 Å². The summed E-state index contributed by atoms with van der Waals surface area (Å²) in [5.41, 5.74) is 1.97. The Bertz CT molecular complexity index is 762. The van der Waals surface area contributed by atoms with Crippen LogP contribution in [0.4, 0.5) is 0 Å². The van der Waals surface area contributed by atoms with Crippen LogP contribution in [0.3, 0.4) is 0 Å². The maximum atomic E-state index is 12.1. The highest BCUT2D eigenvalue weighted by molar-refractivity contribution is 7.16. The number of carbonyl (C=O) groups is 1. The lowest BCUT2D eigenvalue weighted by Gasteiger charge is -2.09. The van der Waals surface area contributed by atoms with Crippen molar-refractivity contribution in [1.29, 1.82) is 0 Å². The molecule has 22 heavy (non-hydrogen) atoms. The van der Waals surface area contributed by atoms with Crippen molar-refractivity contribution in [3.63, 3.8) is 0 Å². The van der Waals surface area contributed by atoms with Gasteiger partial charge in [0, 0.05) is 17.8 Å². The van der Waals surface area contributed by atoms with Crippen LogP contribution in [0.2, 0.25) is 4.34 Å². The van der Waals surface area contributed by atoms with Gasteiger partial charge in [0.2, 0.25) is 5.91 Å². The van der Waals surface area contributed by atoms with Gasteiger partial charge in [-0.15, -0.1) is 11.3 Å². The van der Waals surface area contributed by atoms with E-state index in [4.69, 9.17) is 11.6 Å². The summed E-state index contributed by atoms with van der Waals surface area (Å²) in [6, 6.07) is 11.6. The van der Waals surface area contributed by atoms with Crippen LogP contribution in [0.1, 0.15) is 23.5 Å². The van der Waals surface area contributed by atoms with Gasteiger partial charge in [0.1, 0.15) is 5.82 Å². The zero-order valence-electron chi connectivity index (χ0n) is 12.1. The molecule has 0 spiro atoms. The average Bonchev–Trinajstić information content (AvgIpc) is 3.11. The van der Waals surface area contributed by atoms with Crippen LogP contribution >= 0.6 is 22.9 Å².